The van der Waals surface area contributed by atoms with Gasteiger partial charge in [-0.2, -0.15) is 0 Å². The monoisotopic (exact) mass is 273 g/mol. The summed E-state index contributed by atoms with van der Waals surface area (Å²) in [7, 11) is 1.78. The van der Waals surface area contributed by atoms with Gasteiger partial charge in [-0.25, -0.2) is 0 Å². The predicted molar refractivity (Wildman–Crippen MR) is 76.0 cm³/mol. The van der Waals surface area contributed by atoms with Crippen molar-refractivity contribution in [2.45, 2.75) is 24.8 Å². The molecule has 0 spiro atoms. The first-order valence-corrected chi connectivity index (χ1v) is 7.00. The number of carbonyl (C=O) groups is 1. The van der Waals surface area contributed by atoms with Crippen molar-refractivity contribution < 1.29 is 4.79 Å². The highest BCUT2D eigenvalue weighted by molar-refractivity contribution is 6.23. The van der Waals surface area contributed by atoms with Gasteiger partial charge < -0.3 is 15.0 Å². The zero-order valence-corrected chi connectivity index (χ0v) is 12.1. The van der Waals surface area contributed by atoms with Gasteiger partial charge in [-0.3, -0.25) is 4.90 Å². The zero-order chi connectivity index (χ0) is 13.5. The molecule has 0 aromatic rings. The van der Waals surface area contributed by atoms with Crippen LogP contribution in [0.1, 0.15) is 13.3 Å². The third-order valence-corrected chi connectivity index (χ3v) is 3.98. The summed E-state index contributed by atoms with van der Waals surface area (Å²) in [5, 5.41) is 2.56. The van der Waals surface area contributed by atoms with Crippen molar-refractivity contribution in [3.8, 4) is 0 Å². The first-order valence-electron chi connectivity index (χ1n) is 6.56. The SMILES string of the molecule is C=C(NC)C(Cl)C(C=O)N1CCN(CCC)CC1. The summed E-state index contributed by atoms with van der Waals surface area (Å²) < 4.78 is 0. The van der Waals surface area contributed by atoms with Crippen molar-refractivity contribution in [2.75, 3.05) is 39.8 Å². The van der Waals surface area contributed by atoms with Gasteiger partial charge in [0.1, 0.15) is 6.29 Å². The van der Waals surface area contributed by atoms with Crippen LogP contribution in [0.2, 0.25) is 0 Å². The Morgan fingerprint density at radius 3 is 2.50 bits per heavy atom. The second-order valence-corrected chi connectivity index (χ2v) is 5.15. The molecule has 0 bridgehead atoms. The minimum atomic E-state index is -0.370. The lowest BCUT2D eigenvalue weighted by atomic mass is 10.1. The topological polar surface area (TPSA) is 35.6 Å². The van der Waals surface area contributed by atoms with Crippen molar-refractivity contribution >= 4 is 17.9 Å². The number of halogens is 1. The number of alkyl halides is 1. The molecule has 5 heteroatoms. The zero-order valence-electron chi connectivity index (χ0n) is 11.4. The molecule has 4 nitrogen and oxygen atoms in total. The van der Waals surface area contributed by atoms with Gasteiger partial charge in [0.05, 0.1) is 11.4 Å². The normalized spacial score (nSPS) is 21.3. The molecule has 0 radical (unpaired) electrons. The molecule has 1 aliphatic heterocycles. The van der Waals surface area contributed by atoms with Crippen molar-refractivity contribution in [3.05, 3.63) is 12.3 Å². The van der Waals surface area contributed by atoms with E-state index in [1.165, 1.54) is 6.42 Å². The molecule has 1 aliphatic rings. The fourth-order valence-corrected chi connectivity index (χ4v) is 2.61. The molecule has 0 aromatic carbocycles. The summed E-state index contributed by atoms with van der Waals surface area (Å²) in [5.41, 5.74) is 0.699. The second-order valence-electron chi connectivity index (χ2n) is 4.68. The lowest BCUT2D eigenvalue weighted by Gasteiger charge is -2.38. The number of nitrogens with one attached hydrogen (secondary N) is 1. The van der Waals surface area contributed by atoms with Crippen LogP contribution in [0.25, 0.3) is 0 Å². The second kappa shape index (κ2) is 7.77. The molecule has 104 valence electrons. The van der Waals surface area contributed by atoms with Gasteiger partial charge in [0.2, 0.25) is 0 Å². The minimum Gasteiger partial charge on any atom is -0.391 e. The highest BCUT2D eigenvalue weighted by Crippen LogP contribution is 2.16. The maximum Gasteiger partial charge on any atom is 0.139 e. The average Bonchev–Trinajstić information content (AvgIpc) is 2.40. The summed E-state index contributed by atoms with van der Waals surface area (Å²) in [4.78, 5) is 15.8. The summed E-state index contributed by atoms with van der Waals surface area (Å²) in [6, 6.07) is -0.282. The Hall–Kier alpha value is -0.580. The third-order valence-electron chi connectivity index (χ3n) is 3.46. The van der Waals surface area contributed by atoms with E-state index in [0.717, 1.165) is 39.0 Å². The van der Waals surface area contributed by atoms with Crippen molar-refractivity contribution in [3.63, 3.8) is 0 Å². The maximum absolute atomic E-state index is 11.3. The molecule has 1 fully saturated rings. The van der Waals surface area contributed by atoms with Gasteiger partial charge >= 0.3 is 0 Å². The molecule has 18 heavy (non-hydrogen) atoms. The maximum atomic E-state index is 11.3. The van der Waals surface area contributed by atoms with Crippen LogP contribution < -0.4 is 5.32 Å². The van der Waals surface area contributed by atoms with Crippen LogP contribution in [0, 0.1) is 0 Å². The van der Waals surface area contributed by atoms with Gasteiger partial charge in [-0.1, -0.05) is 13.5 Å². The lowest BCUT2D eigenvalue weighted by molar-refractivity contribution is -0.113. The van der Waals surface area contributed by atoms with Crippen LogP contribution in [0.5, 0.6) is 0 Å². The number of hydrogen-bond donors (Lipinski definition) is 1. The molecule has 1 saturated heterocycles. The number of carbonyl (C=O) groups excluding carboxylic acids is 1. The van der Waals surface area contributed by atoms with Crippen LogP contribution in [0.15, 0.2) is 12.3 Å². The average molecular weight is 274 g/mol. The lowest BCUT2D eigenvalue weighted by Crippen LogP contribution is -2.54. The van der Waals surface area contributed by atoms with E-state index in [1.54, 1.807) is 7.05 Å². The van der Waals surface area contributed by atoms with E-state index in [-0.39, 0.29) is 11.4 Å². The Kier molecular flexibility index (Phi) is 6.68. The Balaban J connectivity index is 2.52. The fourth-order valence-electron chi connectivity index (χ4n) is 2.29. The molecule has 0 saturated carbocycles. The molecule has 2 atom stereocenters. The third kappa shape index (κ3) is 3.97. The van der Waals surface area contributed by atoms with E-state index < -0.39 is 0 Å². The Morgan fingerprint density at radius 2 is 2.06 bits per heavy atom. The number of piperazine rings is 1. The van der Waals surface area contributed by atoms with E-state index in [0.29, 0.717) is 5.70 Å². The number of hydrogen-bond acceptors (Lipinski definition) is 4. The highest BCUT2D eigenvalue weighted by Gasteiger charge is 2.29. The van der Waals surface area contributed by atoms with Crippen molar-refractivity contribution in [1.29, 1.82) is 0 Å². The smallest absolute Gasteiger partial charge is 0.139 e. The summed E-state index contributed by atoms with van der Waals surface area (Å²) >= 11 is 6.28. The Bertz CT molecular complexity index is 277. The van der Waals surface area contributed by atoms with Crippen LogP contribution >= 0.6 is 11.6 Å². The van der Waals surface area contributed by atoms with E-state index >= 15 is 0 Å². The molecular weight excluding hydrogens is 250 g/mol. The molecule has 1 heterocycles. The Labute approximate surface area is 115 Å². The molecular formula is C13H24ClN3O. The van der Waals surface area contributed by atoms with Gasteiger partial charge in [-0.15, -0.1) is 11.6 Å². The van der Waals surface area contributed by atoms with Crippen molar-refractivity contribution in [1.82, 2.24) is 15.1 Å². The van der Waals surface area contributed by atoms with Crippen LogP contribution in [-0.4, -0.2) is 67.3 Å². The van der Waals surface area contributed by atoms with Crippen LogP contribution in [-0.2, 0) is 4.79 Å². The predicted octanol–water partition coefficient (Wildman–Crippen LogP) is 0.922. The van der Waals surface area contributed by atoms with E-state index in [4.69, 9.17) is 11.6 Å². The first-order chi connectivity index (χ1) is 8.63. The summed E-state index contributed by atoms with van der Waals surface area (Å²) in [6.45, 7) is 11.0. The summed E-state index contributed by atoms with van der Waals surface area (Å²) in [6.07, 6.45) is 2.11. The van der Waals surface area contributed by atoms with E-state index in [1.807, 2.05) is 0 Å². The van der Waals surface area contributed by atoms with Crippen LogP contribution in [0.3, 0.4) is 0 Å². The number of nitrogens with zero attached hydrogens (tertiary/aromatic N) is 2. The minimum absolute atomic E-state index is 0.282. The quantitative estimate of drug-likeness (QED) is 0.553. The van der Waals surface area contributed by atoms with Crippen LogP contribution in [0.4, 0.5) is 0 Å². The van der Waals surface area contributed by atoms with E-state index in [9.17, 15) is 4.79 Å². The van der Waals surface area contributed by atoms with Gasteiger partial charge in [-0.05, 0) is 13.0 Å². The Morgan fingerprint density at radius 1 is 1.44 bits per heavy atom. The largest absolute Gasteiger partial charge is 0.391 e. The number of rotatable bonds is 7. The van der Waals surface area contributed by atoms with Gasteiger partial charge in [0, 0.05) is 38.9 Å². The first kappa shape index (κ1) is 15.5. The van der Waals surface area contributed by atoms with Gasteiger partial charge in [0.25, 0.3) is 0 Å². The standard InChI is InChI=1S/C13H24ClN3O/c1-4-5-16-6-8-17(9-7-16)12(10-18)13(14)11(2)15-3/h10,12-13,15H,2,4-9H2,1,3H3. The van der Waals surface area contributed by atoms with E-state index in [2.05, 4.69) is 28.6 Å². The molecule has 0 aliphatic carbocycles. The fraction of sp³-hybridized carbons (Fsp3) is 0.769. The molecule has 0 aromatic heterocycles. The molecule has 0 amide bonds. The molecule has 1 rings (SSSR count). The number of aldehydes is 1. The van der Waals surface area contributed by atoms with Gasteiger partial charge in [0.15, 0.2) is 0 Å². The summed E-state index contributed by atoms with van der Waals surface area (Å²) in [5.74, 6) is 0. The molecule has 1 N–H and O–H groups in total. The van der Waals surface area contributed by atoms with Crippen molar-refractivity contribution in [2.24, 2.45) is 0 Å². The highest BCUT2D eigenvalue weighted by atomic mass is 35.5. The molecule has 2 unspecified atom stereocenters.